The molecule has 3 rings (SSSR count). The lowest BCUT2D eigenvalue weighted by atomic mass is 9.89. The van der Waals surface area contributed by atoms with Crippen LogP contribution in [0.1, 0.15) is 23.1 Å². The van der Waals surface area contributed by atoms with Crippen LogP contribution in [0.2, 0.25) is 0 Å². The molecule has 0 aliphatic carbocycles. The van der Waals surface area contributed by atoms with Crippen LogP contribution >= 0.6 is 0 Å². The molecule has 3 aromatic carbocycles. The van der Waals surface area contributed by atoms with E-state index >= 15 is 0 Å². The van der Waals surface area contributed by atoms with Crippen molar-refractivity contribution in [1.29, 1.82) is 0 Å². The van der Waals surface area contributed by atoms with E-state index in [-0.39, 0.29) is 11.7 Å². The molecule has 2 atom stereocenters. The predicted octanol–water partition coefficient (Wildman–Crippen LogP) is 3.94. The van der Waals surface area contributed by atoms with Gasteiger partial charge in [0.1, 0.15) is 0 Å². The summed E-state index contributed by atoms with van der Waals surface area (Å²) in [6.07, 6.45) is 0. The highest BCUT2D eigenvalue weighted by Gasteiger charge is 2.28. The van der Waals surface area contributed by atoms with Gasteiger partial charge in [-0.05, 0) is 23.3 Å². The van der Waals surface area contributed by atoms with E-state index in [2.05, 4.69) is 0 Å². The van der Waals surface area contributed by atoms with Crippen molar-refractivity contribution >= 4 is 9.84 Å². The first-order chi connectivity index (χ1) is 12.1. The van der Waals surface area contributed by atoms with Gasteiger partial charge in [-0.2, -0.15) is 0 Å². The van der Waals surface area contributed by atoms with E-state index in [1.54, 1.807) is 24.3 Å². The van der Waals surface area contributed by atoms with Crippen molar-refractivity contribution in [3.8, 4) is 0 Å². The van der Waals surface area contributed by atoms with E-state index in [0.29, 0.717) is 4.90 Å². The van der Waals surface area contributed by atoms with Gasteiger partial charge in [0.25, 0.3) is 0 Å². The number of hydrogen-bond donors (Lipinski definition) is 1. The zero-order chi connectivity index (χ0) is 17.7. The summed E-state index contributed by atoms with van der Waals surface area (Å²) in [5, 5.41) is 0. The Balaban J connectivity index is 1.98. The molecule has 0 heterocycles. The minimum absolute atomic E-state index is 0.0307. The summed E-state index contributed by atoms with van der Waals surface area (Å²) in [7, 11) is -3.44. The van der Waals surface area contributed by atoms with Crippen molar-refractivity contribution in [2.45, 2.75) is 16.9 Å². The highest BCUT2D eigenvalue weighted by molar-refractivity contribution is 7.91. The Morgan fingerprint density at radius 2 is 1.12 bits per heavy atom. The summed E-state index contributed by atoms with van der Waals surface area (Å²) in [5.41, 5.74) is 8.35. The minimum atomic E-state index is -3.44. The first-order valence-electron chi connectivity index (χ1n) is 8.21. The van der Waals surface area contributed by atoms with E-state index in [9.17, 15) is 8.42 Å². The van der Waals surface area contributed by atoms with E-state index in [1.165, 1.54) is 0 Å². The van der Waals surface area contributed by atoms with Gasteiger partial charge in [0.2, 0.25) is 0 Å². The summed E-state index contributed by atoms with van der Waals surface area (Å²) >= 11 is 0. The second-order valence-electron chi connectivity index (χ2n) is 6.05. The molecule has 3 aromatic rings. The first kappa shape index (κ1) is 17.4. The summed E-state index contributed by atoms with van der Waals surface area (Å²) in [5.74, 6) is -0.356. The van der Waals surface area contributed by atoms with Gasteiger partial charge in [0.05, 0.1) is 10.6 Å². The number of nitrogens with two attached hydrogens (primary N) is 1. The maximum Gasteiger partial charge on any atom is 0.179 e. The molecule has 0 aromatic heterocycles. The molecule has 0 radical (unpaired) electrons. The quantitative estimate of drug-likeness (QED) is 0.731. The van der Waals surface area contributed by atoms with Gasteiger partial charge >= 0.3 is 0 Å². The van der Waals surface area contributed by atoms with Crippen LogP contribution in [0, 0.1) is 0 Å². The molecule has 128 valence electrons. The second-order valence-corrected chi connectivity index (χ2v) is 8.08. The molecule has 3 nitrogen and oxygen atoms in total. The van der Waals surface area contributed by atoms with E-state index in [0.717, 1.165) is 11.1 Å². The van der Waals surface area contributed by atoms with Crippen molar-refractivity contribution in [1.82, 2.24) is 0 Å². The normalized spacial score (nSPS) is 14.0. The third kappa shape index (κ3) is 4.16. The molecule has 0 fully saturated rings. The fraction of sp³-hybridized carbons (Fsp3) is 0.143. The van der Waals surface area contributed by atoms with Gasteiger partial charge in [0.15, 0.2) is 9.84 Å². The number of sulfone groups is 1. The number of benzene rings is 3. The van der Waals surface area contributed by atoms with Crippen LogP contribution in [0.3, 0.4) is 0 Å². The molecule has 25 heavy (non-hydrogen) atoms. The maximum absolute atomic E-state index is 12.9. The van der Waals surface area contributed by atoms with Crippen molar-refractivity contribution in [2.24, 2.45) is 5.73 Å². The van der Waals surface area contributed by atoms with Crippen molar-refractivity contribution in [3.05, 3.63) is 102 Å². The standard InChI is InChI=1S/C21H21NO2S/c22-21(18-12-6-2-7-13-18)20(17-10-4-1-5-11-17)16-25(23,24)19-14-8-3-9-15-19/h1-15,20-21H,16,22H2/t20-,21-/m1/s1. The molecule has 0 aliphatic rings. The fourth-order valence-corrected chi connectivity index (χ4v) is 4.61. The molecular formula is C21H21NO2S. The maximum atomic E-state index is 12.9. The lowest BCUT2D eigenvalue weighted by molar-refractivity contribution is 0.559. The Morgan fingerprint density at radius 3 is 1.64 bits per heavy atom. The van der Waals surface area contributed by atoms with Crippen LogP contribution in [0.25, 0.3) is 0 Å². The van der Waals surface area contributed by atoms with Crippen LogP contribution in [-0.4, -0.2) is 14.2 Å². The van der Waals surface area contributed by atoms with Gasteiger partial charge in [-0.1, -0.05) is 78.9 Å². The molecule has 0 bridgehead atoms. The van der Waals surface area contributed by atoms with Crippen LogP contribution in [0.15, 0.2) is 95.9 Å². The molecule has 0 unspecified atom stereocenters. The lowest BCUT2D eigenvalue weighted by Gasteiger charge is -2.25. The third-order valence-corrected chi connectivity index (χ3v) is 6.14. The predicted molar refractivity (Wildman–Crippen MR) is 101 cm³/mol. The molecule has 0 amide bonds. The van der Waals surface area contributed by atoms with Gasteiger partial charge in [-0.25, -0.2) is 8.42 Å². The highest BCUT2D eigenvalue weighted by Crippen LogP contribution is 2.32. The summed E-state index contributed by atoms with van der Waals surface area (Å²) in [6, 6.07) is 27.4. The number of hydrogen-bond acceptors (Lipinski definition) is 3. The molecular weight excluding hydrogens is 330 g/mol. The monoisotopic (exact) mass is 351 g/mol. The summed E-state index contributed by atoms with van der Waals surface area (Å²) < 4.78 is 25.8. The molecule has 0 aliphatic heterocycles. The van der Waals surface area contributed by atoms with E-state index in [1.807, 2.05) is 66.7 Å². The fourth-order valence-electron chi connectivity index (χ4n) is 2.98. The van der Waals surface area contributed by atoms with Crippen LogP contribution in [0.5, 0.6) is 0 Å². The van der Waals surface area contributed by atoms with Crippen LogP contribution in [0.4, 0.5) is 0 Å². The van der Waals surface area contributed by atoms with Gasteiger partial charge in [-0.3, -0.25) is 0 Å². The topological polar surface area (TPSA) is 60.2 Å². The third-order valence-electron chi connectivity index (χ3n) is 4.35. The van der Waals surface area contributed by atoms with Gasteiger partial charge < -0.3 is 5.73 Å². The first-order valence-corrected chi connectivity index (χ1v) is 9.86. The minimum Gasteiger partial charge on any atom is -0.323 e. The van der Waals surface area contributed by atoms with E-state index < -0.39 is 15.9 Å². The largest absolute Gasteiger partial charge is 0.323 e. The summed E-state index contributed by atoms with van der Waals surface area (Å²) in [6.45, 7) is 0. The van der Waals surface area contributed by atoms with Crippen molar-refractivity contribution in [3.63, 3.8) is 0 Å². The Hall–Kier alpha value is -2.43. The Kier molecular flexibility index (Phi) is 5.31. The lowest BCUT2D eigenvalue weighted by Crippen LogP contribution is -2.26. The Bertz CT molecular complexity index is 894. The number of rotatable bonds is 6. The molecule has 0 spiro atoms. The second kappa shape index (κ2) is 7.64. The molecule has 4 heteroatoms. The van der Waals surface area contributed by atoms with Crippen molar-refractivity contribution in [2.75, 3.05) is 5.75 Å². The highest BCUT2D eigenvalue weighted by atomic mass is 32.2. The molecule has 0 saturated heterocycles. The average molecular weight is 351 g/mol. The smallest absolute Gasteiger partial charge is 0.179 e. The van der Waals surface area contributed by atoms with Crippen LogP contribution < -0.4 is 5.73 Å². The van der Waals surface area contributed by atoms with Gasteiger partial charge in [-0.15, -0.1) is 0 Å². The average Bonchev–Trinajstić information content (AvgIpc) is 2.68. The Labute approximate surface area is 149 Å². The van der Waals surface area contributed by atoms with Crippen molar-refractivity contribution < 1.29 is 8.42 Å². The summed E-state index contributed by atoms with van der Waals surface area (Å²) in [4.78, 5) is 0.330. The zero-order valence-electron chi connectivity index (χ0n) is 13.8. The zero-order valence-corrected chi connectivity index (χ0v) is 14.6. The Morgan fingerprint density at radius 1 is 0.680 bits per heavy atom. The van der Waals surface area contributed by atoms with E-state index in [4.69, 9.17) is 5.73 Å². The van der Waals surface area contributed by atoms with Gasteiger partial charge in [0, 0.05) is 12.0 Å². The molecule has 0 saturated carbocycles. The van der Waals surface area contributed by atoms with Crippen LogP contribution in [-0.2, 0) is 9.84 Å². The SMILES string of the molecule is N[C@H](c1ccccc1)[C@H](CS(=O)(=O)c1ccccc1)c1ccccc1. The molecule has 2 N–H and O–H groups in total.